The van der Waals surface area contributed by atoms with Gasteiger partial charge in [0.25, 0.3) is 0 Å². The summed E-state index contributed by atoms with van der Waals surface area (Å²) in [6.45, 7) is 4.16. The fourth-order valence-electron chi connectivity index (χ4n) is 1.63. The number of Topliss-reactive ketones (excluding diaryl/α,β-unsaturated/α-hetero) is 1. The number of alkyl halides is 1. The van der Waals surface area contributed by atoms with Crippen LogP contribution in [0.4, 0.5) is 0 Å². The van der Waals surface area contributed by atoms with Crippen molar-refractivity contribution in [3.05, 3.63) is 34.9 Å². The van der Waals surface area contributed by atoms with Crippen molar-refractivity contribution in [1.29, 1.82) is 0 Å². The first kappa shape index (κ1) is 12.3. The molecule has 0 bridgehead atoms. The molecule has 0 aromatic heterocycles. The maximum absolute atomic E-state index is 11.8. The van der Waals surface area contributed by atoms with Crippen molar-refractivity contribution in [3.63, 3.8) is 0 Å². The van der Waals surface area contributed by atoms with Crippen molar-refractivity contribution in [3.8, 4) is 0 Å². The number of aryl methyl sites for hydroxylation is 2. The number of carbonyl (C=O) groups is 1. The summed E-state index contributed by atoms with van der Waals surface area (Å²) in [7, 11) is 0. The predicted octanol–water partition coefficient (Wildman–Crippen LogP) is 3.62. The summed E-state index contributed by atoms with van der Waals surface area (Å²) < 4.78 is 0. The summed E-state index contributed by atoms with van der Waals surface area (Å²) in [5.74, 6) is 0.565. The number of benzene rings is 1. The summed E-state index contributed by atoms with van der Waals surface area (Å²) in [4.78, 5) is 11.8. The van der Waals surface area contributed by atoms with Crippen LogP contribution in [-0.2, 0) is 12.8 Å². The molecule has 15 heavy (non-hydrogen) atoms. The highest BCUT2D eigenvalue weighted by atomic mass is 35.5. The van der Waals surface area contributed by atoms with E-state index in [2.05, 4.69) is 26.0 Å². The smallest absolute Gasteiger partial charge is 0.164 e. The highest BCUT2D eigenvalue weighted by Gasteiger charge is 2.10. The van der Waals surface area contributed by atoms with Crippen LogP contribution in [0.2, 0.25) is 0 Å². The molecular formula is C13H17ClO. The van der Waals surface area contributed by atoms with E-state index < -0.39 is 0 Å². The van der Waals surface area contributed by atoms with Gasteiger partial charge >= 0.3 is 0 Å². The maximum atomic E-state index is 11.8. The van der Waals surface area contributed by atoms with Crippen LogP contribution in [0.5, 0.6) is 0 Å². The van der Waals surface area contributed by atoms with Crippen molar-refractivity contribution in [2.75, 3.05) is 5.88 Å². The third kappa shape index (κ3) is 3.07. The van der Waals surface area contributed by atoms with E-state index in [0.29, 0.717) is 12.3 Å². The standard InChI is InChI=1S/C13H17ClO/c1-3-10-5-6-11(4-2)12(9-10)13(15)7-8-14/h5-6,9H,3-4,7-8H2,1-2H3. The summed E-state index contributed by atoms with van der Waals surface area (Å²) >= 11 is 5.59. The van der Waals surface area contributed by atoms with Gasteiger partial charge in [0.15, 0.2) is 5.78 Å². The lowest BCUT2D eigenvalue weighted by Gasteiger charge is -2.08. The van der Waals surface area contributed by atoms with Crippen LogP contribution >= 0.6 is 11.6 Å². The van der Waals surface area contributed by atoms with E-state index in [0.717, 1.165) is 24.0 Å². The van der Waals surface area contributed by atoms with Gasteiger partial charge in [0.1, 0.15) is 0 Å². The number of carbonyl (C=O) groups excluding carboxylic acids is 1. The molecule has 82 valence electrons. The normalized spacial score (nSPS) is 10.3. The van der Waals surface area contributed by atoms with Gasteiger partial charge in [0.05, 0.1) is 0 Å². The van der Waals surface area contributed by atoms with Crippen molar-refractivity contribution in [2.45, 2.75) is 33.1 Å². The minimum absolute atomic E-state index is 0.164. The zero-order chi connectivity index (χ0) is 11.3. The second-order valence-electron chi connectivity index (χ2n) is 3.56. The third-order valence-electron chi connectivity index (χ3n) is 2.59. The molecule has 1 rings (SSSR count). The number of hydrogen-bond donors (Lipinski definition) is 0. The van der Waals surface area contributed by atoms with Crippen LogP contribution in [0, 0.1) is 0 Å². The van der Waals surface area contributed by atoms with Gasteiger partial charge in [-0.15, -0.1) is 11.6 Å². The third-order valence-corrected chi connectivity index (χ3v) is 2.77. The zero-order valence-corrected chi connectivity index (χ0v) is 10.1. The molecule has 1 aromatic carbocycles. The van der Waals surface area contributed by atoms with Crippen molar-refractivity contribution >= 4 is 17.4 Å². The Hall–Kier alpha value is -0.820. The Morgan fingerprint density at radius 1 is 1.27 bits per heavy atom. The molecule has 0 fully saturated rings. The van der Waals surface area contributed by atoms with Gasteiger partial charge in [-0.25, -0.2) is 0 Å². The minimum Gasteiger partial charge on any atom is -0.294 e. The molecule has 0 heterocycles. The van der Waals surface area contributed by atoms with Gasteiger partial charge in [-0.2, -0.15) is 0 Å². The summed E-state index contributed by atoms with van der Waals surface area (Å²) in [6.07, 6.45) is 2.29. The van der Waals surface area contributed by atoms with E-state index >= 15 is 0 Å². The number of rotatable bonds is 5. The molecule has 0 N–H and O–H groups in total. The zero-order valence-electron chi connectivity index (χ0n) is 9.35. The fraction of sp³-hybridized carbons (Fsp3) is 0.462. The highest BCUT2D eigenvalue weighted by molar-refractivity contribution is 6.19. The Labute approximate surface area is 96.5 Å². The van der Waals surface area contributed by atoms with Gasteiger partial charge in [-0.1, -0.05) is 26.0 Å². The molecule has 0 spiro atoms. The molecule has 0 amide bonds. The average Bonchev–Trinajstić information content (AvgIpc) is 2.28. The molecular weight excluding hydrogens is 208 g/mol. The lowest BCUT2D eigenvalue weighted by molar-refractivity contribution is 0.0988. The maximum Gasteiger partial charge on any atom is 0.164 e. The van der Waals surface area contributed by atoms with Crippen LogP contribution in [0.15, 0.2) is 18.2 Å². The first-order chi connectivity index (χ1) is 7.22. The Bertz CT molecular complexity index is 344. The molecule has 1 nitrogen and oxygen atoms in total. The lowest BCUT2D eigenvalue weighted by atomic mass is 9.97. The van der Waals surface area contributed by atoms with Crippen LogP contribution in [0.25, 0.3) is 0 Å². The Balaban J connectivity index is 3.05. The molecule has 0 atom stereocenters. The average molecular weight is 225 g/mol. The SMILES string of the molecule is CCc1ccc(CC)c(C(=O)CCCl)c1. The van der Waals surface area contributed by atoms with E-state index in [-0.39, 0.29) is 5.78 Å². The van der Waals surface area contributed by atoms with E-state index in [9.17, 15) is 4.79 Å². The monoisotopic (exact) mass is 224 g/mol. The van der Waals surface area contributed by atoms with Gasteiger partial charge < -0.3 is 0 Å². The van der Waals surface area contributed by atoms with E-state index in [1.54, 1.807) is 0 Å². The number of hydrogen-bond acceptors (Lipinski definition) is 1. The first-order valence-electron chi connectivity index (χ1n) is 5.43. The first-order valence-corrected chi connectivity index (χ1v) is 5.97. The largest absolute Gasteiger partial charge is 0.294 e. The van der Waals surface area contributed by atoms with E-state index in [4.69, 9.17) is 11.6 Å². The predicted molar refractivity (Wildman–Crippen MR) is 64.9 cm³/mol. The van der Waals surface area contributed by atoms with Crippen LogP contribution < -0.4 is 0 Å². The van der Waals surface area contributed by atoms with E-state index in [1.165, 1.54) is 5.56 Å². The van der Waals surface area contributed by atoms with Gasteiger partial charge in [-0.05, 0) is 30.0 Å². The van der Waals surface area contributed by atoms with Crippen molar-refractivity contribution in [2.24, 2.45) is 0 Å². The molecule has 0 saturated heterocycles. The van der Waals surface area contributed by atoms with Crippen molar-refractivity contribution in [1.82, 2.24) is 0 Å². The lowest BCUT2D eigenvalue weighted by Crippen LogP contribution is -2.05. The summed E-state index contributed by atoms with van der Waals surface area (Å²) in [5.41, 5.74) is 3.20. The van der Waals surface area contributed by atoms with E-state index in [1.807, 2.05) is 6.07 Å². The molecule has 1 aromatic rings. The topological polar surface area (TPSA) is 17.1 Å². The molecule has 0 aliphatic rings. The molecule has 0 radical (unpaired) electrons. The minimum atomic E-state index is 0.164. The molecule has 0 aliphatic heterocycles. The van der Waals surface area contributed by atoms with Crippen molar-refractivity contribution < 1.29 is 4.79 Å². The molecule has 0 aliphatic carbocycles. The second kappa shape index (κ2) is 5.92. The molecule has 2 heteroatoms. The van der Waals surface area contributed by atoms with Crippen LogP contribution in [0.1, 0.15) is 41.8 Å². The highest BCUT2D eigenvalue weighted by Crippen LogP contribution is 2.15. The quantitative estimate of drug-likeness (QED) is 0.552. The fourth-order valence-corrected chi connectivity index (χ4v) is 1.80. The van der Waals surface area contributed by atoms with Gasteiger partial charge in [0.2, 0.25) is 0 Å². The van der Waals surface area contributed by atoms with Gasteiger partial charge in [-0.3, -0.25) is 4.79 Å². The Morgan fingerprint density at radius 2 is 2.00 bits per heavy atom. The van der Waals surface area contributed by atoms with Crippen LogP contribution in [-0.4, -0.2) is 11.7 Å². The molecule has 0 unspecified atom stereocenters. The second-order valence-corrected chi connectivity index (χ2v) is 3.94. The Morgan fingerprint density at radius 3 is 2.53 bits per heavy atom. The number of ketones is 1. The summed E-state index contributed by atoms with van der Waals surface area (Å²) in [5, 5.41) is 0. The molecule has 0 saturated carbocycles. The Kier molecular flexibility index (Phi) is 4.83. The van der Waals surface area contributed by atoms with Crippen LogP contribution in [0.3, 0.4) is 0 Å². The number of halogens is 1. The van der Waals surface area contributed by atoms with Gasteiger partial charge in [0, 0.05) is 17.9 Å². The summed E-state index contributed by atoms with van der Waals surface area (Å²) in [6, 6.07) is 6.16.